The van der Waals surface area contributed by atoms with Crippen LogP contribution in [0, 0.1) is 0 Å². The van der Waals surface area contributed by atoms with Gasteiger partial charge < -0.3 is 4.42 Å². The van der Waals surface area contributed by atoms with Gasteiger partial charge in [-0.15, -0.1) is 21.5 Å². The number of nitrogens with zero attached hydrogens (tertiary/aromatic N) is 4. The summed E-state index contributed by atoms with van der Waals surface area (Å²) < 4.78 is 5.75. The monoisotopic (exact) mass is 334 g/mol. The van der Waals surface area contributed by atoms with Gasteiger partial charge in [0.1, 0.15) is 0 Å². The van der Waals surface area contributed by atoms with Crippen molar-refractivity contribution < 1.29 is 4.42 Å². The highest BCUT2D eigenvalue weighted by molar-refractivity contribution is 7.09. The molecule has 3 rings (SSSR count). The second-order valence-electron chi connectivity index (χ2n) is 7.03. The van der Waals surface area contributed by atoms with Crippen LogP contribution in [0.1, 0.15) is 80.8 Å². The van der Waals surface area contributed by atoms with Crippen LogP contribution >= 0.6 is 11.3 Å². The fourth-order valence-electron chi connectivity index (χ4n) is 2.91. The average molecular weight is 334 g/mol. The Morgan fingerprint density at radius 1 is 1.26 bits per heavy atom. The lowest BCUT2D eigenvalue weighted by atomic mass is 9.98. The van der Waals surface area contributed by atoms with E-state index in [-0.39, 0.29) is 5.92 Å². The topological polar surface area (TPSA) is 55.1 Å². The highest BCUT2D eigenvalue weighted by Crippen LogP contribution is 2.31. The van der Waals surface area contributed by atoms with Crippen molar-refractivity contribution >= 4 is 11.3 Å². The molecule has 0 amide bonds. The molecule has 1 aliphatic heterocycles. The highest BCUT2D eigenvalue weighted by Gasteiger charge is 2.25. The second kappa shape index (κ2) is 7.09. The van der Waals surface area contributed by atoms with E-state index < -0.39 is 0 Å². The molecule has 126 valence electrons. The molecule has 5 nitrogen and oxygen atoms in total. The fourth-order valence-corrected chi connectivity index (χ4v) is 4.02. The summed E-state index contributed by atoms with van der Waals surface area (Å²) >= 11 is 1.81. The van der Waals surface area contributed by atoms with Crippen molar-refractivity contribution in [3.63, 3.8) is 0 Å². The van der Waals surface area contributed by atoms with Crippen molar-refractivity contribution in [1.29, 1.82) is 0 Å². The minimum atomic E-state index is 0.287. The minimum Gasteiger partial charge on any atom is -0.424 e. The molecular formula is C17H26N4OS. The van der Waals surface area contributed by atoms with E-state index in [2.05, 4.69) is 48.2 Å². The van der Waals surface area contributed by atoms with Gasteiger partial charge in [0.05, 0.1) is 17.2 Å². The van der Waals surface area contributed by atoms with Gasteiger partial charge in [0.2, 0.25) is 11.8 Å². The van der Waals surface area contributed by atoms with Crippen LogP contribution in [-0.4, -0.2) is 33.2 Å². The summed E-state index contributed by atoms with van der Waals surface area (Å²) in [6.45, 7) is 11.4. The maximum absolute atomic E-state index is 5.75. The quantitative estimate of drug-likeness (QED) is 0.822. The van der Waals surface area contributed by atoms with E-state index in [1.807, 2.05) is 11.3 Å². The Morgan fingerprint density at radius 2 is 2.09 bits per heavy atom. The first-order valence-electron chi connectivity index (χ1n) is 8.53. The van der Waals surface area contributed by atoms with E-state index in [1.165, 1.54) is 23.5 Å². The molecule has 0 bridgehead atoms. The number of hydrogen-bond donors (Lipinski definition) is 0. The first kappa shape index (κ1) is 16.6. The largest absolute Gasteiger partial charge is 0.424 e. The van der Waals surface area contributed by atoms with E-state index >= 15 is 0 Å². The summed E-state index contributed by atoms with van der Waals surface area (Å²) in [6, 6.07) is 0. The minimum absolute atomic E-state index is 0.287. The predicted molar refractivity (Wildman–Crippen MR) is 91.8 cm³/mol. The standard InChI is InChI=1S/C17H26N4OS/c1-11(2)14-10-23-17(18-14)13-6-5-7-21(8-13)9-15-19-20-16(22-15)12(3)4/h10-13H,5-9H2,1-4H3. The van der Waals surface area contributed by atoms with Gasteiger partial charge in [-0.05, 0) is 25.3 Å². The Kier molecular flexibility index (Phi) is 5.11. The second-order valence-corrected chi connectivity index (χ2v) is 7.92. The third-order valence-corrected chi connectivity index (χ3v) is 5.35. The molecule has 0 N–H and O–H groups in total. The molecular weight excluding hydrogens is 308 g/mol. The molecule has 2 aromatic heterocycles. The van der Waals surface area contributed by atoms with E-state index in [0.717, 1.165) is 31.4 Å². The molecule has 1 fully saturated rings. The molecule has 0 aliphatic carbocycles. The number of likely N-dealkylation sites (tertiary alicyclic amines) is 1. The summed E-state index contributed by atoms with van der Waals surface area (Å²) in [4.78, 5) is 7.26. The Labute approximate surface area is 142 Å². The van der Waals surface area contributed by atoms with Crippen molar-refractivity contribution in [2.24, 2.45) is 0 Å². The zero-order valence-electron chi connectivity index (χ0n) is 14.5. The van der Waals surface area contributed by atoms with Gasteiger partial charge in [0.15, 0.2) is 0 Å². The molecule has 1 atom stereocenters. The molecule has 1 unspecified atom stereocenters. The molecule has 1 aliphatic rings. The van der Waals surface area contributed by atoms with Gasteiger partial charge in [-0.25, -0.2) is 4.98 Å². The number of thiazole rings is 1. The number of hydrogen-bond acceptors (Lipinski definition) is 6. The van der Waals surface area contributed by atoms with Gasteiger partial charge >= 0.3 is 0 Å². The number of aromatic nitrogens is 3. The normalized spacial score (nSPS) is 19.8. The third kappa shape index (κ3) is 3.98. The van der Waals surface area contributed by atoms with Crippen molar-refractivity contribution in [1.82, 2.24) is 20.1 Å². The van der Waals surface area contributed by atoms with Crippen molar-refractivity contribution in [2.75, 3.05) is 13.1 Å². The summed E-state index contributed by atoms with van der Waals surface area (Å²) in [5.74, 6) is 2.79. The molecule has 0 aromatic carbocycles. The van der Waals surface area contributed by atoms with E-state index in [0.29, 0.717) is 11.8 Å². The van der Waals surface area contributed by atoms with Crippen molar-refractivity contribution in [3.8, 4) is 0 Å². The van der Waals surface area contributed by atoms with Gasteiger partial charge in [-0.2, -0.15) is 0 Å². The molecule has 1 saturated heterocycles. The van der Waals surface area contributed by atoms with E-state index in [1.54, 1.807) is 0 Å². The maximum atomic E-state index is 5.75. The molecule has 0 saturated carbocycles. The number of piperidine rings is 1. The predicted octanol–water partition coefficient (Wildman–Crippen LogP) is 4.15. The lowest BCUT2D eigenvalue weighted by Gasteiger charge is -2.30. The molecule has 2 aromatic rings. The van der Waals surface area contributed by atoms with Gasteiger partial charge in [-0.1, -0.05) is 27.7 Å². The third-order valence-electron chi connectivity index (χ3n) is 4.32. The summed E-state index contributed by atoms with van der Waals surface area (Å²) in [6.07, 6.45) is 2.43. The van der Waals surface area contributed by atoms with Crippen LogP contribution in [0.3, 0.4) is 0 Å². The Morgan fingerprint density at radius 3 is 2.74 bits per heavy atom. The lowest BCUT2D eigenvalue weighted by Crippen LogP contribution is -2.34. The highest BCUT2D eigenvalue weighted by atomic mass is 32.1. The Bertz CT molecular complexity index is 634. The lowest BCUT2D eigenvalue weighted by molar-refractivity contribution is 0.182. The molecule has 0 radical (unpaired) electrons. The van der Waals surface area contributed by atoms with Gasteiger partial charge in [0, 0.05) is 23.8 Å². The molecule has 3 heterocycles. The average Bonchev–Trinajstić information content (AvgIpc) is 3.16. The first-order valence-corrected chi connectivity index (χ1v) is 9.40. The Hall–Kier alpha value is -1.27. The summed E-state index contributed by atoms with van der Waals surface area (Å²) in [5.41, 5.74) is 1.22. The SMILES string of the molecule is CC(C)c1csc(C2CCCN(Cc3nnc(C(C)C)o3)C2)n1. The van der Waals surface area contributed by atoms with Gasteiger partial charge in [-0.3, -0.25) is 4.90 Å². The van der Waals surface area contributed by atoms with Crippen LogP contribution in [0.2, 0.25) is 0 Å². The first-order chi connectivity index (χ1) is 11.0. The van der Waals surface area contributed by atoms with Crippen LogP contribution in [0.15, 0.2) is 9.80 Å². The van der Waals surface area contributed by atoms with Crippen molar-refractivity contribution in [2.45, 2.75) is 64.8 Å². The van der Waals surface area contributed by atoms with Crippen molar-refractivity contribution in [3.05, 3.63) is 27.9 Å². The molecule has 0 spiro atoms. The fraction of sp³-hybridized carbons (Fsp3) is 0.706. The van der Waals surface area contributed by atoms with E-state index in [9.17, 15) is 0 Å². The Balaban J connectivity index is 1.63. The smallest absolute Gasteiger partial charge is 0.230 e. The van der Waals surface area contributed by atoms with Crippen LogP contribution in [0.4, 0.5) is 0 Å². The maximum Gasteiger partial charge on any atom is 0.230 e. The summed E-state index contributed by atoms with van der Waals surface area (Å²) in [5, 5.41) is 11.8. The van der Waals surface area contributed by atoms with Gasteiger partial charge in [0.25, 0.3) is 0 Å². The zero-order chi connectivity index (χ0) is 16.4. The van der Waals surface area contributed by atoms with E-state index in [4.69, 9.17) is 9.40 Å². The molecule has 23 heavy (non-hydrogen) atoms. The van der Waals surface area contributed by atoms with Crippen LogP contribution < -0.4 is 0 Å². The summed E-state index contributed by atoms with van der Waals surface area (Å²) in [7, 11) is 0. The molecule has 6 heteroatoms. The number of rotatable bonds is 5. The van der Waals surface area contributed by atoms with Crippen LogP contribution in [0.5, 0.6) is 0 Å². The van der Waals surface area contributed by atoms with Crippen LogP contribution in [-0.2, 0) is 6.54 Å². The van der Waals surface area contributed by atoms with Crippen LogP contribution in [0.25, 0.3) is 0 Å². The zero-order valence-corrected chi connectivity index (χ0v) is 15.3.